The van der Waals surface area contributed by atoms with Crippen molar-refractivity contribution in [3.8, 4) is 46.0 Å². The number of nitro groups is 2. The molecule has 0 unspecified atom stereocenters. The van der Waals surface area contributed by atoms with E-state index < -0.39 is 33.0 Å². The molecule has 10 rings (SSSR count). The van der Waals surface area contributed by atoms with Gasteiger partial charge in [-0.1, -0.05) is 0 Å². The molecule has 16 nitrogen and oxygen atoms in total. The lowest BCUT2D eigenvalue weighted by Gasteiger charge is -2.36. The Balaban J connectivity index is 0.000000146. The number of carbonyl (C=O) groups excluding carboxylic acids is 2. The number of esters is 2. The van der Waals surface area contributed by atoms with Crippen LogP contribution in [0.25, 0.3) is 0 Å². The van der Waals surface area contributed by atoms with Gasteiger partial charge in [-0.2, -0.15) is 0 Å². The summed E-state index contributed by atoms with van der Waals surface area (Å²) in [7, 11) is 0. The van der Waals surface area contributed by atoms with E-state index in [1.165, 1.54) is 84.9 Å². The van der Waals surface area contributed by atoms with Crippen LogP contribution in [0.4, 0.5) is 11.4 Å². The first-order chi connectivity index (χ1) is 26.8. The van der Waals surface area contributed by atoms with Crippen LogP contribution in [0.1, 0.15) is 54.1 Å². The zero-order chi connectivity index (χ0) is 39.3. The average Bonchev–Trinajstić information content (AvgIpc) is 3.61. The first-order valence-corrected chi connectivity index (χ1v) is 16.5. The smallest absolute Gasteiger partial charge is 0.340 e. The lowest BCUT2D eigenvalue weighted by Crippen LogP contribution is -2.33. The third kappa shape index (κ3) is 4.72. The number of rotatable bonds is 2. The predicted molar refractivity (Wildman–Crippen MR) is 189 cm³/mol. The van der Waals surface area contributed by atoms with Crippen molar-refractivity contribution in [1.29, 1.82) is 0 Å². The van der Waals surface area contributed by atoms with E-state index in [1.54, 1.807) is 24.3 Å². The number of fused-ring (bicyclic) bond motifs is 12. The van der Waals surface area contributed by atoms with Gasteiger partial charge in [0.1, 0.15) is 46.0 Å². The molecule has 2 spiro atoms. The van der Waals surface area contributed by atoms with Crippen LogP contribution in [0, 0.1) is 20.2 Å². The molecule has 16 heteroatoms. The molecule has 4 aliphatic rings. The monoisotopic (exact) mass is 754 g/mol. The highest BCUT2D eigenvalue weighted by Crippen LogP contribution is 2.59. The fourth-order valence-corrected chi connectivity index (χ4v) is 7.61. The molecule has 6 aromatic carbocycles. The molecule has 276 valence electrons. The number of non-ortho nitro benzene ring substituents is 2. The second-order valence-electron chi connectivity index (χ2n) is 13.0. The van der Waals surface area contributed by atoms with E-state index in [0.29, 0.717) is 33.4 Å². The number of hydrogen-bond donors (Lipinski definition) is 4. The minimum Gasteiger partial charge on any atom is -0.508 e. The summed E-state index contributed by atoms with van der Waals surface area (Å²) in [5.41, 5.74) is -0.575. The Hall–Kier alpha value is -8.14. The van der Waals surface area contributed by atoms with Gasteiger partial charge in [-0.15, -0.1) is 0 Å². The minimum atomic E-state index is -1.50. The topological polar surface area (TPSA) is 238 Å². The van der Waals surface area contributed by atoms with Crippen LogP contribution in [-0.4, -0.2) is 42.2 Å². The van der Waals surface area contributed by atoms with Crippen molar-refractivity contribution >= 4 is 23.3 Å². The Morgan fingerprint density at radius 1 is 0.429 bits per heavy atom. The molecule has 6 aromatic rings. The van der Waals surface area contributed by atoms with E-state index in [9.17, 15) is 50.2 Å². The third-order valence-electron chi connectivity index (χ3n) is 9.94. The molecule has 0 fully saturated rings. The number of ether oxygens (including phenoxy) is 4. The first-order valence-electron chi connectivity index (χ1n) is 16.5. The Labute approximate surface area is 312 Å². The summed E-state index contributed by atoms with van der Waals surface area (Å²) in [6.07, 6.45) is 0. The minimum absolute atomic E-state index is 0.0502. The summed E-state index contributed by atoms with van der Waals surface area (Å²) in [6.45, 7) is 0. The molecule has 0 amide bonds. The number of benzene rings is 6. The van der Waals surface area contributed by atoms with Gasteiger partial charge in [-0.3, -0.25) is 20.2 Å². The molecule has 0 atom stereocenters. The van der Waals surface area contributed by atoms with Gasteiger partial charge >= 0.3 is 11.9 Å². The van der Waals surface area contributed by atoms with Crippen LogP contribution >= 0.6 is 0 Å². The van der Waals surface area contributed by atoms with Crippen molar-refractivity contribution in [1.82, 2.24) is 0 Å². The summed E-state index contributed by atoms with van der Waals surface area (Å²) in [6, 6.07) is 25.3. The number of carbonyl (C=O) groups is 2. The van der Waals surface area contributed by atoms with Gasteiger partial charge in [0.25, 0.3) is 11.4 Å². The van der Waals surface area contributed by atoms with Crippen molar-refractivity contribution in [2.75, 3.05) is 0 Å². The molecule has 0 aliphatic carbocycles. The Morgan fingerprint density at radius 3 is 1.21 bits per heavy atom. The van der Waals surface area contributed by atoms with Gasteiger partial charge in [0.15, 0.2) is 11.2 Å². The summed E-state index contributed by atoms with van der Waals surface area (Å²) in [4.78, 5) is 46.6. The number of phenolic OH excluding ortho intramolecular Hbond substituents is 4. The zero-order valence-electron chi connectivity index (χ0n) is 28.2. The van der Waals surface area contributed by atoms with Gasteiger partial charge < -0.3 is 39.4 Å². The van der Waals surface area contributed by atoms with Crippen LogP contribution in [0.2, 0.25) is 0 Å². The van der Waals surface area contributed by atoms with E-state index in [1.807, 2.05) is 0 Å². The second-order valence-corrected chi connectivity index (χ2v) is 13.0. The van der Waals surface area contributed by atoms with Gasteiger partial charge in [-0.25, -0.2) is 9.59 Å². The SMILES string of the molecule is O=C1OC2(c3ccc(O)cc3Oc3cc(O)ccc32)c2cc([N+](=O)[O-])ccc21.O=C1OC2(c3ccc(O)cc3Oc3cc(O)ccc32)c2ccc([N+](=O)[O-])cc21. The fourth-order valence-electron chi connectivity index (χ4n) is 7.61. The molecule has 0 saturated heterocycles. The number of nitro benzene ring substituents is 2. The van der Waals surface area contributed by atoms with Crippen LogP contribution in [0.15, 0.2) is 109 Å². The van der Waals surface area contributed by atoms with Crippen molar-refractivity contribution in [3.63, 3.8) is 0 Å². The Bertz CT molecular complexity index is 2680. The highest BCUT2D eigenvalue weighted by Gasteiger charge is 2.55. The van der Waals surface area contributed by atoms with Crippen molar-refractivity contribution in [2.24, 2.45) is 0 Å². The van der Waals surface area contributed by atoms with Crippen LogP contribution in [0.3, 0.4) is 0 Å². The largest absolute Gasteiger partial charge is 0.508 e. The second kappa shape index (κ2) is 11.7. The highest BCUT2D eigenvalue weighted by molar-refractivity contribution is 5.98. The molecule has 0 aromatic heterocycles. The third-order valence-corrected chi connectivity index (χ3v) is 9.94. The lowest BCUT2D eigenvalue weighted by atomic mass is 9.77. The molecule has 4 heterocycles. The van der Waals surface area contributed by atoms with E-state index >= 15 is 0 Å². The van der Waals surface area contributed by atoms with Crippen molar-refractivity contribution in [2.45, 2.75) is 11.2 Å². The average molecular weight is 755 g/mol. The summed E-state index contributed by atoms with van der Waals surface area (Å²) < 4.78 is 23.3. The molecule has 0 radical (unpaired) electrons. The van der Waals surface area contributed by atoms with E-state index in [0.717, 1.165) is 0 Å². The summed E-state index contributed by atoms with van der Waals surface area (Å²) >= 11 is 0. The molecular weight excluding hydrogens is 732 g/mol. The summed E-state index contributed by atoms with van der Waals surface area (Å²) in [5.74, 6) is -0.660. The molecule has 0 bridgehead atoms. The molecule has 0 saturated carbocycles. The molecule has 4 aliphatic heterocycles. The molecular formula is C40H22N2O14. The van der Waals surface area contributed by atoms with Gasteiger partial charge in [-0.05, 0) is 60.7 Å². The zero-order valence-corrected chi connectivity index (χ0v) is 28.2. The van der Waals surface area contributed by atoms with E-state index in [-0.39, 0.29) is 68.5 Å². The Kier molecular flexibility index (Phi) is 7.02. The number of phenols is 4. The molecule has 4 N–H and O–H groups in total. The number of aromatic hydroxyl groups is 4. The fraction of sp³-hybridized carbons (Fsp3) is 0.0500. The predicted octanol–water partition coefficient (Wildman–Crippen LogP) is 7.15. The first kappa shape index (κ1) is 33.7. The van der Waals surface area contributed by atoms with Gasteiger partial charge in [0.05, 0.1) is 21.0 Å². The lowest BCUT2D eigenvalue weighted by molar-refractivity contribution is -0.385. The van der Waals surface area contributed by atoms with Gasteiger partial charge in [0.2, 0.25) is 0 Å². The van der Waals surface area contributed by atoms with Crippen LogP contribution < -0.4 is 9.47 Å². The van der Waals surface area contributed by atoms with Gasteiger partial charge in [0, 0.05) is 81.9 Å². The van der Waals surface area contributed by atoms with Crippen molar-refractivity contribution in [3.05, 3.63) is 174 Å². The highest BCUT2D eigenvalue weighted by atomic mass is 16.6. The van der Waals surface area contributed by atoms with Crippen LogP contribution in [0.5, 0.6) is 46.0 Å². The normalized spacial score (nSPS) is 15.2. The standard InChI is InChI=1S/2C20H11NO7/c22-11-2-5-15-17(8-11)27-18-9-12(23)3-6-16(18)20(15)14-4-1-10(21(25)26)7-13(14)19(24)28-20;22-11-2-5-14-17(8-11)27-18-9-12(23)3-6-15(18)20(14)16-7-10(21(25)26)1-4-13(16)19(24)28-20/h2*1-9,22-23H. The maximum atomic E-state index is 12.7. The number of nitrogens with zero attached hydrogens (tertiary/aromatic N) is 2. The summed E-state index contributed by atoms with van der Waals surface area (Å²) in [5, 5.41) is 61.9. The number of hydrogen-bond acceptors (Lipinski definition) is 14. The van der Waals surface area contributed by atoms with E-state index in [2.05, 4.69) is 0 Å². The molecule has 56 heavy (non-hydrogen) atoms. The van der Waals surface area contributed by atoms with Crippen molar-refractivity contribution < 1.29 is 58.8 Å². The quantitative estimate of drug-likeness (QED) is 0.0780. The van der Waals surface area contributed by atoms with Crippen LogP contribution in [-0.2, 0) is 20.7 Å². The van der Waals surface area contributed by atoms with E-state index in [4.69, 9.17) is 18.9 Å². The maximum Gasteiger partial charge on any atom is 0.340 e. The maximum absolute atomic E-state index is 12.7. The Morgan fingerprint density at radius 2 is 0.786 bits per heavy atom.